The molecule has 4 rings (SSSR count). The molecule has 1 amide bonds. The highest BCUT2D eigenvalue weighted by Crippen LogP contribution is 2.27. The van der Waals surface area contributed by atoms with E-state index in [1.54, 1.807) is 6.20 Å². The summed E-state index contributed by atoms with van der Waals surface area (Å²) in [7, 11) is 0. The molecular weight excluding hydrogens is 350 g/mol. The van der Waals surface area contributed by atoms with Crippen molar-refractivity contribution >= 4 is 17.5 Å². The number of piperidine rings is 1. The van der Waals surface area contributed by atoms with Gasteiger partial charge in [-0.25, -0.2) is 9.97 Å². The van der Waals surface area contributed by atoms with Gasteiger partial charge >= 0.3 is 0 Å². The van der Waals surface area contributed by atoms with Crippen LogP contribution < -0.4 is 5.32 Å². The molecule has 2 aromatic rings. The van der Waals surface area contributed by atoms with Gasteiger partial charge in [-0.3, -0.25) is 9.69 Å². The highest BCUT2D eigenvalue weighted by molar-refractivity contribution is 5.78. The predicted molar refractivity (Wildman–Crippen MR) is 111 cm³/mol. The Morgan fingerprint density at radius 2 is 2.00 bits per heavy atom. The normalized spacial score (nSPS) is 20.3. The second-order valence-electron chi connectivity index (χ2n) is 7.90. The Morgan fingerprint density at radius 3 is 2.82 bits per heavy atom. The number of anilines is 2. The monoisotopic (exact) mass is 379 g/mol. The van der Waals surface area contributed by atoms with Gasteiger partial charge in [-0.15, -0.1) is 0 Å². The van der Waals surface area contributed by atoms with E-state index in [1.807, 2.05) is 30.0 Å². The zero-order valence-corrected chi connectivity index (χ0v) is 16.6. The summed E-state index contributed by atoms with van der Waals surface area (Å²) in [5.74, 6) is 2.32. The number of hydrogen-bond donors (Lipinski definition) is 1. The second kappa shape index (κ2) is 8.69. The molecule has 0 spiro atoms. The Morgan fingerprint density at radius 1 is 1.14 bits per heavy atom. The fourth-order valence-corrected chi connectivity index (χ4v) is 4.18. The maximum atomic E-state index is 12.5. The fourth-order valence-electron chi connectivity index (χ4n) is 4.18. The topological polar surface area (TPSA) is 61.4 Å². The van der Waals surface area contributed by atoms with Gasteiger partial charge in [-0.2, -0.15) is 0 Å². The Labute approximate surface area is 167 Å². The molecule has 0 radical (unpaired) electrons. The first-order valence-corrected chi connectivity index (χ1v) is 10.3. The summed E-state index contributed by atoms with van der Waals surface area (Å²) in [4.78, 5) is 26.1. The lowest BCUT2D eigenvalue weighted by molar-refractivity contribution is -0.131. The molecule has 2 aliphatic rings. The molecule has 6 heteroatoms. The second-order valence-corrected chi connectivity index (χ2v) is 7.90. The molecule has 2 saturated heterocycles. The Kier molecular flexibility index (Phi) is 5.86. The van der Waals surface area contributed by atoms with E-state index in [-0.39, 0.29) is 5.91 Å². The van der Waals surface area contributed by atoms with E-state index < -0.39 is 0 Å². The molecule has 4 heterocycles. The molecule has 0 bridgehead atoms. The Balaban J connectivity index is 1.40. The highest BCUT2D eigenvalue weighted by Gasteiger charge is 2.26. The van der Waals surface area contributed by atoms with Crippen molar-refractivity contribution in [2.24, 2.45) is 0 Å². The third-order valence-electron chi connectivity index (χ3n) is 5.77. The first-order chi connectivity index (χ1) is 13.7. The molecule has 28 heavy (non-hydrogen) atoms. The van der Waals surface area contributed by atoms with Gasteiger partial charge in [0, 0.05) is 37.4 Å². The number of aromatic nitrogens is 2. The lowest BCUT2D eigenvalue weighted by Crippen LogP contribution is -2.43. The molecule has 0 saturated carbocycles. The standard InChI is InChI=1S/C22H29N5O/c1-17-7-5-11-23-22(17)25-20-10-4-9-19(24-20)18-8-6-12-26(15-18)16-21(28)27-13-2-3-14-27/h4-5,7,9-11,18H,2-3,6,8,12-16H2,1H3,(H,23,24,25)/t18-/m1/s1. The molecule has 0 unspecified atom stereocenters. The summed E-state index contributed by atoms with van der Waals surface area (Å²) in [5.41, 5.74) is 2.19. The number of carbonyl (C=O) groups excluding carboxylic acids is 1. The summed E-state index contributed by atoms with van der Waals surface area (Å²) in [6.07, 6.45) is 6.31. The predicted octanol–water partition coefficient (Wildman–Crippen LogP) is 3.33. The number of pyridine rings is 2. The van der Waals surface area contributed by atoms with Crippen LogP contribution in [0.15, 0.2) is 36.5 Å². The first kappa shape index (κ1) is 18.9. The fraction of sp³-hybridized carbons (Fsp3) is 0.500. The van der Waals surface area contributed by atoms with Gasteiger partial charge in [-0.1, -0.05) is 12.1 Å². The van der Waals surface area contributed by atoms with Gasteiger partial charge in [0.25, 0.3) is 0 Å². The third kappa shape index (κ3) is 4.50. The minimum atomic E-state index is 0.284. The third-order valence-corrected chi connectivity index (χ3v) is 5.77. The average molecular weight is 380 g/mol. The molecule has 2 fully saturated rings. The van der Waals surface area contributed by atoms with Crippen LogP contribution in [0.25, 0.3) is 0 Å². The lowest BCUT2D eigenvalue weighted by Gasteiger charge is -2.33. The number of nitrogens with zero attached hydrogens (tertiary/aromatic N) is 4. The van der Waals surface area contributed by atoms with E-state index in [4.69, 9.17) is 4.98 Å². The van der Waals surface area contributed by atoms with Crippen LogP contribution in [0.5, 0.6) is 0 Å². The molecule has 2 aliphatic heterocycles. The molecule has 148 valence electrons. The van der Waals surface area contributed by atoms with Crippen LogP contribution in [0.4, 0.5) is 11.6 Å². The quantitative estimate of drug-likeness (QED) is 0.863. The summed E-state index contributed by atoms with van der Waals surface area (Å²) in [6.45, 7) is 6.34. The number of likely N-dealkylation sites (tertiary alicyclic amines) is 2. The average Bonchev–Trinajstić information content (AvgIpc) is 3.25. The SMILES string of the molecule is Cc1cccnc1Nc1cccc([C@@H]2CCCN(CC(=O)N3CCCC3)C2)n1. The molecule has 1 N–H and O–H groups in total. The van der Waals surface area contributed by atoms with Crippen molar-refractivity contribution in [2.45, 2.75) is 38.5 Å². The summed E-state index contributed by atoms with van der Waals surface area (Å²) >= 11 is 0. The van der Waals surface area contributed by atoms with Gasteiger partial charge in [-0.05, 0) is 62.9 Å². The summed E-state index contributed by atoms with van der Waals surface area (Å²) < 4.78 is 0. The number of aryl methyl sites for hydroxylation is 1. The smallest absolute Gasteiger partial charge is 0.236 e. The summed E-state index contributed by atoms with van der Waals surface area (Å²) in [5, 5.41) is 3.34. The van der Waals surface area contributed by atoms with Crippen LogP contribution >= 0.6 is 0 Å². The number of carbonyl (C=O) groups is 1. The van der Waals surface area contributed by atoms with E-state index in [0.717, 1.165) is 74.8 Å². The first-order valence-electron chi connectivity index (χ1n) is 10.3. The lowest BCUT2D eigenvalue weighted by atomic mass is 9.94. The molecule has 0 aromatic carbocycles. The zero-order chi connectivity index (χ0) is 19.3. The maximum Gasteiger partial charge on any atom is 0.236 e. The molecular formula is C22H29N5O. The van der Waals surface area contributed by atoms with Crippen LogP contribution in [0.1, 0.15) is 42.9 Å². The van der Waals surface area contributed by atoms with E-state index in [1.165, 1.54) is 0 Å². The van der Waals surface area contributed by atoms with Gasteiger partial charge in [0.15, 0.2) is 0 Å². The molecule has 6 nitrogen and oxygen atoms in total. The van der Waals surface area contributed by atoms with Crippen molar-refractivity contribution in [1.29, 1.82) is 0 Å². The van der Waals surface area contributed by atoms with Crippen LogP contribution in [0.3, 0.4) is 0 Å². The van der Waals surface area contributed by atoms with Crippen molar-refractivity contribution < 1.29 is 4.79 Å². The van der Waals surface area contributed by atoms with Crippen molar-refractivity contribution in [3.05, 3.63) is 47.8 Å². The maximum absolute atomic E-state index is 12.5. The highest BCUT2D eigenvalue weighted by atomic mass is 16.2. The largest absolute Gasteiger partial charge is 0.342 e. The van der Waals surface area contributed by atoms with Gasteiger partial charge in [0.05, 0.1) is 6.54 Å². The van der Waals surface area contributed by atoms with Gasteiger partial charge in [0.1, 0.15) is 11.6 Å². The van der Waals surface area contributed by atoms with Crippen molar-refractivity contribution in [3.63, 3.8) is 0 Å². The molecule has 1 atom stereocenters. The van der Waals surface area contributed by atoms with Crippen LogP contribution in [0.2, 0.25) is 0 Å². The Bertz CT molecular complexity index is 818. The van der Waals surface area contributed by atoms with Crippen molar-refractivity contribution in [1.82, 2.24) is 19.8 Å². The zero-order valence-electron chi connectivity index (χ0n) is 16.6. The van der Waals surface area contributed by atoms with E-state index in [9.17, 15) is 4.79 Å². The number of hydrogen-bond acceptors (Lipinski definition) is 5. The van der Waals surface area contributed by atoms with Gasteiger partial charge in [0.2, 0.25) is 5.91 Å². The van der Waals surface area contributed by atoms with E-state index >= 15 is 0 Å². The van der Waals surface area contributed by atoms with Crippen LogP contribution in [-0.2, 0) is 4.79 Å². The number of nitrogens with one attached hydrogen (secondary N) is 1. The van der Waals surface area contributed by atoms with Gasteiger partial charge < -0.3 is 10.2 Å². The van der Waals surface area contributed by atoms with Crippen LogP contribution in [-0.4, -0.2) is 58.4 Å². The van der Waals surface area contributed by atoms with E-state index in [2.05, 4.69) is 27.3 Å². The van der Waals surface area contributed by atoms with Crippen molar-refractivity contribution in [3.8, 4) is 0 Å². The minimum Gasteiger partial charge on any atom is -0.342 e. The van der Waals surface area contributed by atoms with Crippen molar-refractivity contribution in [2.75, 3.05) is 38.0 Å². The van der Waals surface area contributed by atoms with E-state index in [0.29, 0.717) is 12.5 Å². The minimum absolute atomic E-state index is 0.284. The molecule has 2 aromatic heterocycles. The molecule has 0 aliphatic carbocycles. The summed E-state index contributed by atoms with van der Waals surface area (Å²) in [6, 6.07) is 10.1. The Hall–Kier alpha value is -2.47. The number of rotatable bonds is 5. The number of amides is 1. The van der Waals surface area contributed by atoms with Crippen LogP contribution in [0, 0.1) is 6.92 Å².